The summed E-state index contributed by atoms with van der Waals surface area (Å²) in [6, 6.07) is 4.92. The summed E-state index contributed by atoms with van der Waals surface area (Å²) in [6.45, 7) is 7.16. The zero-order valence-corrected chi connectivity index (χ0v) is 17.2. The van der Waals surface area contributed by atoms with Crippen LogP contribution in [0.3, 0.4) is 0 Å². The van der Waals surface area contributed by atoms with Crippen LogP contribution in [0.2, 0.25) is 0 Å². The monoisotopic (exact) mass is 411 g/mol. The largest absolute Gasteiger partial charge is 0.347 e. The molecule has 2 rings (SSSR count). The van der Waals surface area contributed by atoms with Crippen molar-refractivity contribution >= 4 is 27.8 Å². The van der Waals surface area contributed by atoms with Gasteiger partial charge in [-0.15, -0.1) is 10.2 Å². The van der Waals surface area contributed by atoms with E-state index in [9.17, 15) is 18.0 Å². The fourth-order valence-corrected chi connectivity index (χ4v) is 3.43. The molecule has 0 aliphatic rings. The second kappa shape index (κ2) is 7.69. The van der Waals surface area contributed by atoms with E-state index in [1.54, 1.807) is 39.2 Å². The van der Waals surface area contributed by atoms with E-state index in [1.807, 2.05) is 11.6 Å². The van der Waals surface area contributed by atoms with Gasteiger partial charge in [0.05, 0.1) is 4.90 Å². The molecule has 0 saturated carbocycles. The van der Waals surface area contributed by atoms with Crippen LogP contribution in [0.15, 0.2) is 39.1 Å². The predicted octanol–water partition coefficient (Wildman–Crippen LogP) is 1.61. The molecular formula is C16H21N5O4S2. The van der Waals surface area contributed by atoms with E-state index >= 15 is 0 Å². The number of thioether (sulfide) groups is 1. The third-order valence-corrected chi connectivity index (χ3v) is 5.47. The van der Waals surface area contributed by atoms with Crippen LogP contribution in [0.5, 0.6) is 0 Å². The first-order valence-electron chi connectivity index (χ1n) is 7.90. The minimum atomic E-state index is -4.09. The Hall–Kier alpha value is -2.40. The molecule has 11 heteroatoms. The maximum absolute atomic E-state index is 12.7. The Morgan fingerprint density at radius 1 is 1.15 bits per heavy atom. The summed E-state index contributed by atoms with van der Waals surface area (Å²) in [6.07, 6.45) is 1.65. The highest BCUT2D eigenvalue weighted by Gasteiger charge is 2.25. The number of amides is 2. The molecule has 0 saturated heterocycles. The van der Waals surface area contributed by atoms with Gasteiger partial charge in [0.1, 0.15) is 5.69 Å². The van der Waals surface area contributed by atoms with Crippen molar-refractivity contribution < 1.29 is 13.2 Å². The molecule has 2 aromatic rings. The number of aromatic nitrogens is 3. The van der Waals surface area contributed by atoms with E-state index in [4.69, 9.17) is 0 Å². The first-order chi connectivity index (χ1) is 12.5. The van der Waals surface area contributed by atoms with E-state index in [0.717, 1.165) is 22.0 Å². The Labute approximate surface area is 161 Å². The predicted molar refractivity (Wildman–Crippen MR) is 103 cm³/mol. The second-order valence-electron chi connectivity index (χ2n) is 6.79. The topological polar surface area (TPSA) is 123 Å². The molecule has 2 amide bonds. The lowest BCUT2D eigenvalue weighted by molar-refractivity contribution is 0.253. The van der Waals surface area contributed by atoms with Gasteiger partial charge in [0.2, 0.25) is 5.16 Å². The standard InChI is InChI=1S/C16H21N5O4S2/c1-10-6-8-11(9-7-10)27(24,25)20-14(23)19-21-13(22)12(16(2,3)4)17-18-15(21)26-5/h6-9H,1-5H3,(H2,19,20,23). The summed E-state index contributed by atoms with van der Waals surface area (Å²) < 4.78 is 27.4. The summed E-state index contributed by atoms with van der Waals surface area (Å²) in [5.41, 5.74) is 2.07. The number of hydrogen-bond donors (Lipinski definition) is 2. The van der Waals surface area contributed by atoms with Crippen molar-refractivity contribution in [2.45, 2.75) is 43.2 Å². The van der Waals surface area contributed by atoms with Crippen molar-refractivity contribution in [3.05, 3.63) is 45.9 Å². The Balaban J connectivity index is 2.32. The highest BCUT2D eigenvalue weighted by atomic mass is 32.2. The van der Waals surface area contributed by atoms with Crippen molar-refractivity contribution in [3.8, 4) is 0 Å². The zero-order valence-electron chi connectivity index (χ0n) is 15.6. The van der Waals surface area contributed by atoms with Crippen molar-refractivity contribution in [3.63, 3.8) is 0 Å². The first-order valence-corrected chi connectivity index (χ1v) is 10.6. The molecule has 0 fully saturated rings. The number of carbonyl (C=O) groups is 1. The van der Waals surface area contributed by atoms with Gasteiger partial charge in [0.25, 0.3) is 15.6 Å². The summed E-state index contributed by atoms with van der Waals surface area (Å²) >= 11 is 1.08. The molecule has 0 atom stereocenters. The number of rotatable bonds is 4. The number of carbonyl (C=O) groups excluding carboxylic acids is 1. The minimum absolute atomic E-state index is 0.0658. The third kappa shape index (κ3) is 4.86. The second-order valence-corrected chi connectivity index (χ2v) is 9.24. The summed E-state index contributed by atoms with van der Waals surface area (Å²) in [5.74, 6) is 0. The van der Waals surface area contributed by atoms with Crippen LogP contribution in [0.1, 0.15) is 32.0 Å². The molecule has 0 bridgehead atoms. The maximum atomic E-state index is 12.7. The molecular weight excluding hydrogens is 390 g/mol. The van der Waals surface area contributed by atoms with Gasteiger partial charge >= 0.3 is 6.03 Å². The molecule has 1 aromatic heterocycles. The Bertz CT molecular complexity index is 1010. The molecule has 1 heterocycles. The van der Waals surface area contributed by atoms with E-state index in [2.05, 4.69) is 15.6 Å². The molecule has 0 unspecified atom stereocenters. The number of nitrogens with zero attached hydrogens (tertiary/aromatic N) is 3. The Morgan fingerprint density at radius 3 is 2.26 bits per heavy atom. The number of sulfonamides is 1. The Morgan fingerprint density at radius 2 is 1.74 bits per heavy atom. The van der Waals surface area contributed by atoms with Gasteiger partial charge in [0, 0.05) is 5.41 Å². The summed E-state index contributed by atoms with van der Waals surface area (Å²) in [7, 11) is -4.09. The zero-order chi connectivity index (χ0) is 20.4. The fraction of sp³-hybridized carbons (Fsp3) is 0.375. The van der Waals surface area contributed by atoms with Gasteiger partial charge in [-0.3, -0.25) is 4.79 Å². The normalized spacial score (nSPS) is 11.9. The molecule has 146 valence electrons. The van der Waals surface area contributed by atoms with Gasteiger partial charge in [-0.2, -0.15) is 4.68 Å². The van der Waals surface area contributed by atoms with Crippen LogP contribution in [0, 0.1) is 6.92 Å². The smallest absolute Gasteiger partial charge is 0.265 e. The molecule has 0 aliphatic carbocycles. The van der Waals surface area contributed by atoms with Crippen LogP contribution in [0.25, 0.3) is 0 Å². The van der Waals surface area contributed by atoms with Gasteiger partial charge in [0.15, 0.2) is 0 Å². The molecule has 0 aliphatic heterocycles. The van der Waals surface area contributed by atoms with Crippen molar-refractivity contribution in [2.75, 3.05) is 11.7 Å². The van der Waals surface area contributed by atoms with Crippen LogP contribution in [-0.2, 0) is 15.4 Å². The molecule has 9 nitrogen and oxygen atoms in total. The van der Waals surface area contributed by atoms with Crippen LogP contribution in [-0.4, -0.2) is 35.6 Å². The average molecular weight is 412 g/mol. The van der Waals surface area contributed by atoms with Gasteiger partial charge in [-0.25, -0.2) is 23.4 Å². The minimum Gasteiger partial charge on any atom is -0.265 e. The third-order valence-electron chi connectivity index (χ3n) is 3.50. The van der Waals surface area contributed by atoms with Crippen molar-refractivity contribution in [2.24, 2.45) is 0 Å². The summed E-state index contributed by atoms with van der Waals surface area (Å²) in [5, 5.41) is 7.97. The number of aryl methyl sites for hydroxylation is 1. The van der Waals surface area contributed by atoms with E-state index < -0.39 is 27.0 Å². The number of urea groups is 1. The molecule has 1 aromatic carbocycles. The van der Waals surface area contributed by atoms with E-state index in [-0.39, 0.29) is 15.7 Å². The number of nitrogens with one attached hydrogen (secondary N) is 2. The maximum Gasteiger partial charge on any atom is 0.347 e. The lowest BCUT2D eigenvalue weighted by Gasteiger charge is -2.19. The van der Waals surface area contributed by atoms with E-state index in [0.29, 0.717) is 0 Å². The van der Waals surface area contributed by atoms with Gasteiger partial charge in [-0.05, 0) is 25.3 Å². The molecule has 0 spiro atoms. The quantitative estimate of drug-likeness (QED) is 0.733. The first kappa shape index (κ1) is 20.9. The van der Waals surface area contributed by atoms with Gasteiger partial charge in [-0.1, -0.05) is 50.2 Å². The fourth-order valence-electron chi connectivity index (χ4n) is 2.10. The summed E-state index contributed by atoms with van der Waals surface area (Å²) in [4.78, 5) is 24.8. The van der Waals surface area contributed by atoms with E-state index in [1.165, 1.54) is 12.1 Å². The SMILES string of the molecule is CSc1nnc(C(C)(C)C)c(=O)n1NC(=O)NS(=O)(=O)c1ccc(C)cc1. The van der Waals surface area contributed by atoms with Crippen molar-refractivity contribution in [1.29, 1.82) is 0 Å². The molecule has 0 radical (unpaired) electrons. The lowest BCUT2D eigenvalue weighted by atomic mass is 9.93. The highest BCUT2D eigenvalue weighted by molar-refractivity contribution is 7.98. The van der Waals surface area contributed by atoms with Crippen LogP contribution in [0.4, 0.5) is 4.79 Å². The van der Waals surface area contributed by atoms with Crippen molar-refractivity contribution in [1.82, 2.24) is 19.6 Å². The number of benzene rings is 1. The van der Waals surface area contributed by atoms with Gasteiger partial charge < -0.3 is 0 Å². The number of hydrogen-bond acceptors (Lipinski definition) is 7. The highest BCUT2D eigenvalue weighted by Crippen LogP contribution is 2.17. The Kier molecular flexibility index (Phi) is 5.95. The molecule has 27 heavy (non-hydrogen) atoms. The van der Waals surface area contributed by atoms with Crippen LogP contribution < -0.4 is 15.7 Å². The van der Waals surface area contributed by atoms with Crippen LogP contribution >= 0.6 is 11.8 Å². The lowest BCUT2D eigenvalue weighted by Crippen LogP contribution is -2.45. The molecule has 2 N–H and O–H groups in total. The average Bonchev–Trinajstić information content (AvgIpc) is 2.55.